The lowest BCUT2D eigenvalue weighted by Gasteiger charge is -2.14. The molecule has 1 aliphatic carbocycles. The zero-order chi connectivity index (χ0) is 19.3. The average Bonchev–Trinajstić information content (AvgIpc) is 3.40. The van der Waals surface area contributed by atoms with Gasteiger partial charge in [0.05, 0.1) is 24.6 Å². The minimum atomic E-state index is -0.515. The van der Waals surface area contributed by atoms with E-state index in [2.05, 4.69) is 10.3 Å². The van der Waals surface area contributed by atoms with Crippen LogP contribution in [-0.4, -0.2) is 33.7 Å². The lowest BCUT2D eigenvalue weighted by atomic mass is 9.87. The minimum absolute atomic E-state index is 0.132. The summed E-state index contributed by atoms with van der Waals surface area (Å²) in [5.74, 6) is 0.467. The second-order valence-electron chi connectivity index (χ2n) is 6.61. The van der Waals surface area contributed by atoms with Gasteiger partial charge in [-0.25, -0.2) is 4.68 Å². The van der Waals surface area contributed by atoms with Crippen molar-refractivity contribution in [1.82, 2.24) is 15.0 Å². The molecule has 3 aromatic rings. The molecule has 0 amide bonds. The molecule has 138 valence electrons. The van der Waals surface area contributed by atoms with Gasteiger partial charge in [-0.05, 0) is 24.3 Å². The summed E-state index contributed by atoms with van der Waals surface area (Å²) in [6.45, 7) is 0. The van der Waals surface area contributed by atoms with E-state index in [9.17, 15) is 9.59 Å². The Morgan fingerprint density at radius 2 is 1.75 bits per heavy atom. The van der Waals surface area contributed by atoms with Crippen molar-refractivity contribution in [3.8, 4) is 11.4 Å². The molecule has 2 aromatic carbocycles. The highest BCUT2D eigenvalue weighted by Crippen LogP contribution is 2.41. The monoisotopic (exact) mass is 373 g/mol. The number of benzene rings is 2. The van der Waals surface area contributed by atoms with Gasteiger partial charge in [0.1, 0.15) is 17.5 Å². The summed E-state index contributed by atoms with van der Waals surface area (Å²) in [6, 6.07) is 14.2. The van der Waals surface area contributed by atoms with Gasteiger partial charge in [-0.15, -0.1) is 5.10 Å². The Morgan fingerprint density at radius 3 is 2.46 bits per heavy atom. The number of methoxy groups -OCH3 is 1. The van der Waals surface area contributed by atoms with Gasteiger partial charge < -0.3 is 9.47 Å². The molecule has 0 fully saturated rings. The molecule has 5 rings (SSSR count). The van der Waals surface area contributed by atoms with Crippen molar-refractivity contribution in [2.24, 2.45) is 0 Å². The summed E-state index contributed by atoms with van der Waals surface area (Å²) in [7, 11) is 1.61. The highest BCUT2D eigenvalue weighted by Gasteiger charge is 2.41. The standard InChI is InChI=1S/C21H15N3O4/c1-27-13-8-6-12(7-9-13)24-11-17(22-23-24)18-10-16-19(25)14-4-2-3-5-15(14)20(26)21(16)28-18/h2-9,11,18H,10H2,1H3. The van der Waals surface area contributed by atoms with Crippen LogP contribution in [0.25, 0.3) is 5.69 Å². The van der Waals surface area contributed by atoms with Crippen LogP contribution >= 0.6 is 0 Å². The molecule has 0 N–H and O–H groups in total. The van der Waals surface area contributed by atoms with E-state index >= 15 is 0 Å². The third-order valence-corrected chi connectivity index (χ3v) is 5.00. The number of Topliss-reactive ketones (excluding diaryl/α,β-unsaturated/α-hetero) is 2. The Kier molecular flexibility index (Phi) is 3.61. The first-order valence-electron chi connectivity index (χ1n) is 8.80. The van der Waals surface area contributed by atoms with Crippen LogP contribution in [0.2, 0.25) is 0 Å². The van der Waals surface area contributed by atoms with Gasteiger partial charge in [-0.3, -0.25) is 9.59 Å². The third-order valence-electron chi connectivity index (χ3n) is 5.00. The van der Waals surface area contributed by atoms with Crippen LogP contribution in [0.3, 0.4) is 0 Å². The second-order valence-corrected chi connectivity index (χ2v) is 6.61. The van der Waals surface area contributed by atoms with E-state index in [0.717, 1.165) is 11.4 Å². The lowest BCUT2D eigenvalue weighted by Crippen LogP contribution is -2.19. The zero-order valence-corrected chi connectivity index (χ0v) is 15.0. The predicted octanol–water partition coefficient (Wildman–Crippen LogP) is 3.07. The number of carbonyl (C=O) groups excluding carboxylic acids is 2. The Hall–Kier alpha value is -3.74. The van der Waals surface area contributed by atoms with Crippen molar-refractivity contribution in [2.45, 2.75) is 12.5 Å². The Bertz CT molecular complexity index is 1100. The van der Waals surface area contributed by atoms with E-state index in [-0.39, 0.29) is 17.3 Å². The van der Waals surface area contributed by atoms with Gasteiger partial charge in [0.15, 0.2) is 11.5 Å². The normalized spacial score (nSPS) is 18.0. The maximum Gasteiger partial charge on any atom is 0.228 e. The van der Waals surface area contributed by atoms with Crippen molar-refractivity contribution in [2.75, 3.05) is 7.11 Å². The summed E-state index contributed by atoms with van der Waals surface area (Å²) >= 11 is 0. The molecule has 28 heavy (non-hydrogen) atoms. The molecule has 0 saturated carbocycles. The quantitative estimate of drug-likeness (QED) is 0.702. The fourth-order valence-corrected chi connectivity index (χ4v) is 3.53. The molecule has 1 atom stereocenters. The first kappa shape index (κ1) is 16.4. The molecule has 7 nitrogen and oxygen atoms in total. The summed E-state index contributed by atoms with van der Waals surface area (Å²) in [5, 5.41) is 8.32. The van der Waals surface area contributed by atoms with Crippen molar-refractivity contribution in [1.29, 1.82) is 0 Å². The molecule has 7 heteroatoms. The molecule has 1 aliphatic heterocycles. The fourth-order valence-electron chi connectivity index (χ4n) is 3.53. The molecule has 2 heterocycles. The highest BCUT2D eigenvalue weighted by atomic mass is 16.5. The van der Waals surface area contributed by atoms with E-state index in [4.69, 9.17) is 9.47 Å². The molecule has 0 bridgehead atoms. The van der Waals surface area contributed by atoms with Crippen LogP contribution < -0.4 is 4.74 Å². The van der Waals surface area contributed by atoms with Crippen LogP contribution in [-0.2, 0) is 4.74 Å². The Morgan fingerprint density at radius 1 is 1.04 bits per heavy atom. The smallest absolute Gasteiger partial charge is 0.228 e. The van der Waals surface area contributed by atoms with Gasteiger partial charge in [0, 0.05) is 17.5 Å². The van der Waals surface area contributed by atoms with E-state index in [1.807, 2.05) is 24.3 Å². The number of rotatable bonds is 3. The van der Waals surface area contributed by atoms with E-state index in [1.165, 1.54) is 0 Å². The SMILES string of the molecule is COc1ccc(-n2cc(C3CC4=C(O3)C(=O)c3ccccc3C4=O)nn2)cc1. The molecule has 2 aliphatic rings. The molecule has 0 spiro atoms. The third kappa shape index (κ3) is 2.44. The number of ketones is 2. The van der Waals surface area contributed by atoms with Crippen LogP contribution in [0.1, 0.15) is 38.9 Å². The number of carbonyl (C=O) groups is 2. The summed E-state index contributed by atoms with van der Waals surface area (Å²) in [4.78, 5) is 25.5. The molecular weight excluding hydrogens is 358 g/mol. The van der Waals surface area contributed by atoms with Gasteiger partial charge >= 0.3 is 0 Å². The number of nitrogens with zero attached hydrogens (tertiary/aromatic N) is 3. The topological polar surface area (TPSA) is 83.3 Å². The predicted molar refractivity (Wildman–Crippen MR) is 98.5 cm³/mol. The van der Waals surface area contributed by atoms with Crippen LogP contribution in [0.15, 0.2) is 66.1 Å². The number of hydrogen-bond donors (Lipinski definition) is 0. The van der Waals surface area contributed by atoms with E-state index < -0.39 is 6.10 Å². The van der Waals surface area contributed by atoms with Crippen molar-refractivity contribution in [3.63, 3.8) is 0 Å². The number of ether oxygens (including phenoxy) is 2. The van der Waals surface area contributed by atoms with Crippen molar-refractivity contribution < 1.29 is 19.1 Å². The number of allylic oxidation sites excluding steroid dienone is 1. The molecular formula is C21H15N3O4. The van der Waals surface area contributed by atoms with Crippen LogP contribution in [0.5, 0.6) is 5.75 Å². The molecule has 0 saturated heterocycles. The average molecular weight is 373 g/mol. The largest absolute Gasteiger partial charge is 0.497 e. The van der Waals surface area contributed by atoms with Gasteiger partial charge in [-0.2, -0.15) is 0 Å². The van der Waals surface area contributed by atoms with Gasteiger partial charge in [0.25, 0.3) is 0 Å². The highest BCUT2D eigenvalue weighted by molar-refractivity contribution is 6.26. The van der Waals surface area contributed by atoms with Crippen LogP contribution in [0, 0.1) is 0 Å². The summed E-state index contributed by atoms with van der Waals surface area (Å²) in [6.07, 6.45) is 1.53. The Balaban J connectivity index is 1.41. The first-order valence-corrected chi connectivity index (χ1v) is 8.80. The zero-order valence-electron chi connectivity index (χ0n) is 15.0. The number of fused-ring (bicyclic) bond motifs is 1. The van der Waals surface area contributed by atoms with Crippen LogP contribution in [0.4, 0.5) is 0 Å². The molecule has 0 radical (unpaired) electrons. The molecule has 1 aromatic heterocycles. The van der Waals surface area contributed by atoms with E-state index in [0.29, 0.717) is 28.8 Å². The number of aromatic nitrogens is 3. The fraction of sp³-hybridized carbons (Fsp3) is 0.143. The number of hydrogen-bond acceptors (Lipinski definition) is 6. The summed E-state index contributed by atoms with van der Waals surface area (Å²) in [5.41, 5.74) is 2.60. The summed E-state index contributed by atoms with van der Waals surface area (Å²) < 4.78 is 12.6. The maximum atomic E-state index is 12.8. The minimum Gasteiger partial charge on any atom is -0.497 e. The van der Waals surface area contributed by atoms with Gasteiger partial charge in [-0.1, -0.05) is 29.5 Å². The second kappa shape index (κ2) is 6.16. The van der Waals surface area contributed by atoms with E-state index in [1.54, 1.807) is 42.3 Å². The lowest BCUT2D eigenvalue weighted by molar-refractivity contribution is 0.0834. The Labute approximate surface area is 160 Å². The van der Waals surface area contributed by atoms with Crippen molar-refractivity contribution in [3.05, 3.63) is 82.9 Å². The van der Waals surface area contributed by atoms with Gasteiger partial charge in [0.2, 0.25) is 5.78 Å². The first-order chi connectivity index (χ1) is 13.7. The van der Waals surface area contributed by atoms with Crippen molar-refractivity contribution >= 4 is 11.6 Å². The maximum absolute atomic E-state index is 12.8. The molecule has 1 unspecified atom stereocenters.